The Morgan fingerprint density at radius 1 is 1.09 bits per heavy atom. The zero-order valence-corrected chi connectivity index (χ0v) is 14.2. The summed E-state index contributed by atoms with van der Waals surface area (Å²) in [6, 6.07) is 0.461. The highest BCUT2D eigenvalue weighted by atomic mass is 16.5. The van der Waals surface area contributed by atoms with Gasteiger partial charge in [0.25, 0.3) is 0 Å². The third-order valence-electron chi connectivity index (χ3n) is 5.91. The van der Waals surface area contributed by atoms with Crippen LogP contribution in [0.15, 0.2) is 0 Å². The summed E-state index contributed by atoms with van der Waals surface area (Å²) in [7, 11) is 0. The van der Waals surface area contributed by atoms with E-state index in [0.717, 1.165) is 32.9 Å². The summed E-state index contributed by atoms with van der Waals surface area (Å²) in [6.07, 6.45) is 0. The van der Waals surface area contributed by atoms with Gasteiger partial charge >= 0.3 is 0 Å². The lowest BCUT2D eigenvalue weighted by atomic mass is 10.0. The smallest absolute Gasteiger partial charge is 0.226 e. The first-order chi connectivity index (χ1) is 11.1. The SMILES string of the molecule is CC(C)N1CCOCC2(CN(C(=O)C3[C@H]4COC[C@@H]34)CCO2)C1. The maximum absolute atomic E-state index is 12.9. The first-order valence-electron chi connectivity index (χ1n) is 8.92. The zero-order chi connectivity index (χ0) is 16.0. The fourth-order valence-electron chi connectivity index (χ4n) is 4.41. The molecule has 4 rings (SSSR count). The summed E-state index contributed by atoms with van der Waals surface area (Å²) < 4.78 is 17.4. The highest BCUT2D eigenvalue weighted by Gasteiger charge is 2.59. The molecule has 0 N–H and O–H groups in total. The Balaban J connectivity index is 1.44. The van der Waals surface area contributed by atoms with E-state index in [0.29, 0.717) is 50.1 Å². The summed E-state index contributed by atoms with van der Waals surface area (Å²) in [5, 5.41) is 0. The van der Waals surface area contributed by atoms with E-state index < -0.39 is 0 Å². The summed E-state index contributed by atoms with van der Waals surface area (Å²) in [5.74, 6) is 1.45. The third-order valence-corrected chi connectivity index (χ3v) is 5.91. The molecule has 0 aromatic heterocycles. The van der Waals surface area contributed by atoms with Crippen LogP contribution in [0.25, 0.3) is 0 Å². The molecule has 1 spiro atoms. The fourth-order valence-corrected chi connectivity index (χ4v) is 4.41. The summed E-state index contributed by atoms with van der Waals surface area (Å²) in [6.45, 7) is 11.0. The van der Waals surface area contributed by atoms with Crippen molar-refractivity contribution in [3.8, 4) is 0 Å². The van der Waals surface area contributed by atoms with E-state index in [4.69, 9.17) is 14.2 Å². The minimum Gasteiger partial charge on any atom is -0.381 e. The summed E-state index contributed by atoms with van der Waals surface area (Å²) in [4.78, 5) is 17.3. The number of carbonyl (C=O) groups excluding carboxylic acids is 1. The molecule has 130 valence electrons. The lowest BCUT2D eigenvalue weighted by Gasteiger charge is -2.44. The summed E-state index contributed by atoms with van der Waals surface area (Å²) in [5.41, 5.74) is -0.366. The highest BCUT2D eigenvalue weighted by molar-refractivity contribution is 5.82. The van der Waals surface area contributed by atoms with Crippen molar-refractivity contribution in [1.29, 1.82) is 0 Å². The van der Waals surface area contributed by atoms with E-state index >= 15 is 0 Å². The Morgan fingerprint density at radius 3 is 2.61 bits per heavy atom. The maximum Gasteiger partial charge on any atom is 0.226 e. The molecule has 0 aromatic rings. The average Bonchev–Trinajstić information content (AvgIpc) is 3.10. The molecule has 4 aliphatic rings. The Kier molecular flexibility index (Phi) is 4.12. The number of rotatable bonds is 2. The number of amides is 1. The molecule has 3 heterocycles. The van der Waals surface area contributed by atoms with Crippen LogP contribution in [0.1, 0.15) is 13.8 Å². The maximum atomic E-state index is 12.9. The minimum absolute atomic E-state index is 0.201. The first-order valence-corrected chi connectivity index (χ1v) is 8.92. The molecule has 0 aromatic carbocycles. The van der Waals surface area contributed by atoms with E-state index in [1.807, 2.05) is 4.90 Å². The lowest BCUT2D eigenvalue weighted by Crippen LogP contribution is -2.60. The van der Waals surface area contributed by atoms with Crippen molar-refractivity contribution in [2.24, 2.45) is 17.8 Å². The Labute approximate surface area is 138 Å². The Morgan fingerprint density at radius 2 is 1.87 bits per heavy atom. The van der Waals surface area contributed by atoms with Crippen LogP contribution < -0.4 is 0 Å². The standard InChI is InChI=1S/C17H28N2O4/c1-12(2)18-3-5-21-11-17(9-18)10-19(4-6-23-17)16(20)15-13-7-22-8-14(13)15/h12-15H,3-11H2,1-2H3/t13-,14+,15?,17?. The monoisotopic (exact) mass is 324 g/mol. The Hall–Kier alpha value is -0.690. The lowest BCUT2D eigenvalue weighted by molar-refractivity contribution is -0.164. The molecule has 1 amide bonds. The van der Waals surface area contributed by atoms with Crippen molar-refractivity contribution in [3.63, 3.8) is 0 Å². The molecule has 2 unspecified atom stereocenters. The molecule has 0 bridgehead atoms. The van der Waals surface area contributed by atoms with Crippen molar-refractivity contribution < 1.29 is 19.0 Å². The van der Waals surface area contributed by atoms with Crippen LogP contribution in [0.2, 0.25) is 0 Å². The molecule has 6 heteroatoms. The van der Waals surface area contributed by atoms with Gasteiger partial charge in [0.1, 0.15) is 5.60 Å². The molecular weight excluding hydrogens is 296 g/mol. The van der Waals surface area contributed by atoms with Crippen molar-refractivity contribution in [1.82, 2.24) is 9.80 Å². The largest absolute Gasteiger partial charge is 0.381 e. The molecule has 3 aliphatic heterocycles. The van der Waals surface area contributed by atoms with Crippen LogP contribution in [0, 0.1) is 17.8 Å². The fraction of sp³-hybridized carbons (Fsp3) is 0.941. The predicted molar refractivity (Wildman–Crippen MR) is 84.1 cm³/mol. The van der Waals surface area contributed by atoms with Gasteiger partial charge < -0.3 is 19.1 Å². The number of carbonyl (C=O) groups is 1. The number of hydrogen-bond donors (Lipinski definition) is 0. The number of hydrogen-bond acceptors (Lipinski definition) is 5. The van der Waals surface area contributed by atoms with Crippen molar-refractivity contribution in [2.45, 2.75) is 25.5 Å². The molecule has 1 saturated carbocycles. The normalized spacial score (nSPS) is 41.2. The van der Waals surface area contributed by atoms with Crippen molar-refractivity contribution in [3.05, 3.63) is 0 Å². The molecular formula is C17H28N2O4. The second-order valence-electron chi connectivity index (χ2n) is 7.80. The van der Waals surface area contributed by atoms with Gasteiger partial charge in [0.05, 0.1) is 39.6 Å². The molecule has 0 radical (unpaired) electrons. The highest BCUT2D eigenvalue weighted by Crippen LogP contribution is 2.51. The molecule has 6 nitrogen and oxygen atoms in total. The van der Waals surface area contributed by atoms with Crippen molar-refractivity contribution in [2.75, 3.05) is 59.2 Å². The first kappa shape index (κ1) is 15.8. The molecule has 4 fully saturated rings. The average molecular weight is 324 g/mol. The zero-order valence-electron chi connectivity index (χ0n) is 14.2. The van der Waals surface area contributed by atoms with E-state index in [2.05, 4.69) is 18.7 Å². The number of nitrogens with zero attached hydrogens (tertiary/aromatic N) is 2. The van der Waals surface area contributed by atoms with E-state index in [1.54, 1.807) is 0 Å². The van der Waals surface area contributed by atoms with Crippen LogP contribution in [-0.4, -0.2) is 86.6 Å². The quantitative estimate of drug-likeness (QED) is 0.727. The van der Waals surface area contributed by atoms with E-state index in [-0.39, 0.29) is 11.5 Å². The van der Waals surface area contributed by atoms with Crippen LogP contribution >= 0.6 is 0 Å². The van der Waals surface area contributed by atoms with Gasteiger partial charge in [0, 0.05) is 31.6 Å². The van der Waals surface area contributed by atoms with E-state index in [9.17, 15) is 4.79 Å². The molecule has 4 atom stereocenters. The van der Waals surface area contributed by atoms with Gasteiger partial charge in [-0.25, -0.2) is 0 Å². The second kappa shape index (κ2) is 5.99. The number of fused-ring (bicyclic) bond motifs is 1. The Bertz CT molecular complexity index is 462. The van der Waals surface area contributed by atoms with Crippen LogP contribution in [-0.2, 0) is 19.0 Å². The molecule has 1 aliphatic carbocycles. The summed E-state index contributed by atoms with van der Waals surface area (Å²) >= 11 is 0. The van der Waals surface area contributed by atoms with Gasteiger partial charge in [-0.3, -0.25) is 9.69 Å². The van der Waals surface area contributed by atoms with Crippen molar-refractivity contribution >= 4 is 5.91 Å². The minimum atomic E-state index is -0.366. The van der Waals surface area contributed by atoms with Crippen LogP contribution in [0.5, 0.6) is 0 Å². The van der Waals surface area contributed by atoms with Gasteiger partial charge in [-0.2, -0.15) is 0 Å². The number of ether oxygens (including phenoxy) is 3. The van der Waals surface area contributed by atoms with Gasteiger partial charge in [-0.15, -0.1) is 0 Å². The topological polar surface area (TPSA) is 51.2 Å². The van der Waals surface area contributed by atoms with Gasteiger partial charge in [-0.1, -0.05) is 0 Å². The number of morpholine rings is 1. The van der Waals surface area contributed by atoms with Gasteiger partial charge in [0.15, 0.2) is 0 Å². The van der Waals surface area contributed by atoms with E-state index in [1.165, 1.54) is 0 Å². The predicted octanol–water partition coefficient (Wildman–Crippen LogP) is 0.217. The second-order valence-corrected chi connectivity index (χ2v) is 7.80. The molecule has 3 saturated heterocycles. The van der Waals surface area contributed by atoms with Gasteiger partial charge in [0.2, 0.25) is 5.91 Å². The third kappa shape index (κ3) is 2.90. The molecule has 23 heavy (non-hydrogen) atoms. The van der Waals surface area contributed by atoms with Crippen LogP contribution in [0.4, 0.5) is 0 Å². The van der Waals surface area contributed by atoms with Gasteiger partial charge in [-0.05, 0) is 25.7 Å². The van der Waals surface area contributed by atoms with Crippen LogP contribution in [0.3, 0.4) is 0 Å².